The van der Waals surface area contributed by atoms with Crippen LogP contribution in [-0.4, -0.2) is 29.3 Å². The van der Waals surface area contributed by atoms with Crippen LogP contribution >= 0.6 is 15.9 Å². The molecular formula is C18H16BrN3O3. The third-order valence-corrected chi connectivity index (χ3v) is 4.88. The minimum atomic E-state index is -0.212. The standard InChI is InChI=1S/C18H16BrN3O3/c1-10(13-7-15-16(8-14(13)19)25-6-5-24-15)21-18(23)12-4-2-3-11-9-20-22-17(11)12/h2-4,7-10H,5-6H2,1H3,(H,20,22)(H,21,23). The summed E-state index contributed by atoms with van der Waals surface area (Å²) >= 11 is 3.55. The fourth-order valence-corrected chi connectivity index (χ4v) is 3.59. The van der Waals surface area contributed by atoms with Gasteiger partial charge in [-0.3, -0.25) is 9.89 Å². The van der Waals surface area contributed by atoms with E-state index in [1.165, 1.54) is 0 Å². The SMILES string of the molecule is CC(NC(=O)c1cccc2cn[nH]c12)c1cc2c(cc1Br)OCCO2. The van der Waals surface area contributed by atoms with Gasteiger partial charge in [0, 0.05) is 9.86 Å². The largest absolute Gasteiger partial charge is 0.486 e. The third kappa shape index (κ3) is 2.95. The van der Waals surface area contributed by atoms with Crippen LogP contribution in [0.4, 0.5) is 0 Å². The van der Waals surface area contributed by atoms with E-state index in [2.05, 4.69) is 31.4 Å². The minimum Gasteiger partial charge on any atom is -0.486 e. The maximum atomic E-state index is 12.7. The van der Waals surface area contributed by atoms with E-state index >= 15 is 0 Å². The number of para-hydroxylation sites is 1. The number of carbonyl (C=O) groups is 1. The van der Waals surface area contributed by atoms with Crippen LogP contribution < -0.4 is 14.8 Å². The molecule has 1 unspecified atom stereocenters. The second-order valence-electron chi connectivity index (χ2n) is 5.85. The molecule has 0 spiro atoms. The maximum Gasteiger partial charge on any atom is 0.253 e. The Morgan fingerprint density at radius 3 is 2.84 bits per heavy atom. The molecule has 1 amide bonds. The predicted molar refractivity (Wildman–Crippen MR) is 97.1 cm³/mol. The summed E-state index contributed by atoms with van der Waals surface area (Å²) in [5, 5.41) is 10.8. The van der Waals surface area contributed by atoms with Crippen LogP contribution in [0.2, 0.25) is 0 Å². The van der Waals surface area contributed by atoms with Crippen LogP contribution in [0, 0.1) is 0 Å². The van der Waals surface area contributed by atoms with Crippen molar-refractivity contribution in [3.63, 3.8) is 0 Å². The van der Waals surface area contributed by atoms with Gasteiger partial charge in [-0.1, -0.05) is 28.1 Å². The van der Waals surface area contributed by atoms with Gasteiger partial charge in [0.15, 0.2) is 11.5 Å². The van der Waals surface area contributed by atoms with Crippen molar-refractivity contribution in [2.45, 2.75) is 13.0 Å². The van der Waals surface area contributed by atoms with E-state index in [1.807, 2.05) is 31.2 Å². The van der Waals surface area contributed by atoms with Gasteiger partial charge >= 0.3 is 0 Å². The highest BCUT2D eigenvalue weighted by atomic mass is 79.9. The van der Waals surface area contributed by atoms with Crippen LogP contribution in [0.5, 0.6) is 11.5 Å². The van der Waals surface area contributed by atoms with Gasteiger partial charge in [-0.25, -0.2) is 0 Å². The molecule has 0 saturated carbocycles. The lowest BCUT2D eigenvalue weighted by Crippen LogP contribution is -2.27. The van der Waals surface area contributed by atoms with Gasteiger partial charge < -0.3 is 14.8 Å². The Bertz CT molecular complexity index is 954. The fourth-order valence-electron chi connectivity index (χ4n) is 2.92. The molecule has 3 aromatic rings. The molecule has 0 fully saturated rings. The van der Waals surface area contributed by atoms with Gasteiger partial charge in [0.2, 0.25) is 0 Å². The average Bonchev–Trinajstić information content (AvgIpc) is 3.09. The van der Waals surface area contributed by atoms with Crippen molar-refractivity contribution < 1.29 is 14.3 Å². The van der Waals surface area contributed by atoms with E-state index in [4.69, 9.17) is 9.47 Å². The molecule has 6 nitrogen and oxygen atoms in total. The first-order valence-electron chi connectivity index (χ1n) is 7.95. The molecule has 1 aliphatic rings. The number of amides is 1. The number of benzene rings is 2. The summed E-state index contributed by atoms with van der Waals surface area (Å²) in [6.45, 7) is 3.00. The van der Waals surface area contributed by atoms with Gasteiger partial charge in [-0.05, 0) is 30.7 Å². The zero-order valence-electron chi connectivity index (χ0n) is 13.5. The highest BCUT2D eigenvalue weighted by Gasteiger charge is 2.20. The maximum absolute atomic E-state index is 12.7. The van der Waals surface area contributed by atoms with Gasteiger partial charge in [-0.2, -0.15) is 5.10 Å². The van der Waals surface area contributed by atoms with Crippen molar-refractivity contribution in [2.75, 3.05) is 13.2 Å². The van der Waals surface area contributed by atoms with Crippen molar-refractivity contribution >= 4 is 32.7 Å². The van der Waals surface area contributed by atoms with Crippen LogP contribution in [0.15, 0.2) is 41.0 Å². The zero-order valence-corrected chi connectivity index (χ0v) is 15.1. The van der Waals surface area contributed by atoms with Crippen molar-refractivity contribution in [3.05, 3.63) is 52.1 Å². The van der Waals surface area contributed by atoms with E-state index in [1.54, 1.807) is 12.3 Å². The molecule has 0 radical (unpaired) electrons. The van der Waals surface area contributed by atoms with Crippen LogP contribution in [0.25, 0.3) is 10.9 Å². The number of rotatable bonds is 3. The van der Waals surface area contributed by atoms with Gasteiger partial charge in [0.1, 0.15) is 13.2 Å². The van der Waals surface area contributed by atoms with E-state index < -0.39 is 0 Å². The molecule has 2 heterocycles. The van der Waals surface area contributed by atoms with Gasteiger partial charge in [0.25, 0.3) is 5.91 Å². The molecule has 2 aromatic carbocycles. The molecule has 1 aromatic heterocycles. The molecule has 0 bridgehead atoms. The summed E-state index contributed by atoms with van der Waals surface area (Å²) in [6, 6.07) is 9.11. The molecule has 1 atom stereocenters. The molecule has 0 aliphatic carbocycles. The number of carbonyl (C=O) groups excluding carboxylic acids is 1. The normalized spacial score (nSPS) is 14.3. The Morgan fingerprint density at radius 1 is 1.28 bits per heavy atom. The summed E-state index contributed by atoms with van der Waals surface area (Å²) in [6.07, 6.45) is 1.70. The summed E-state index contributed by atoms with van der Waals surface area (Å²) < 4.78 is 12.1. The number of aromatic amines is 1. The number of aromatic nitrogens is 2. The van der Waals surface area contributed by atoms with E-state index in [-0.39, 0.29) is 11.9 Å². The van der Waals surface area contributed by atoms with Crippen molar-refractivity contribution in [1.29, 1.82) is 0 Å². The first kappa shape index (κ1) is 16.0. The Hall–Kier alpha value is -2.54. The molecule has 2 N–H and O–H groups in total. The first-order valence-corrected chi connectivity index (χ1v) is 8.75. The van der Waals surface area contributed by atoms with Crippen LogP contribution in [0.3, 0.4) is 0 Å². The second kappa shape index (κ2) is 6.40. The summed E-state index contributed by atoms with van der Waals surface area (Å²) in [5.74, 6) is 1.24. The smallest absolute Gasteiger partial charge is 0.253 e. The van der Waals surface area contributed by atoms with Crippen molar-refractivity contribution in [1.82, 2.24) is 15.5 Å². The van der Waals surface area contributed by atoms with Gasteiger partial charge in [0.05, 0.1) is 23.3 Å². The average molecular weight is 402 g/mol. The summed E-state index contributed by atoms with van der Waals surface area (Å²) in [4.78, 5) is 12.7. The Balaban J connectivity index is 1.60. The number of fused-ring (bicyclic) bond motifs is 2. The zero-order chi connectivity index (χ0) is 17.4. The Labute approximate surface area is 152 Å². The highest BCUT2D eigenvalue weighted by molar-refractivity contribution is 9.10. The molecular weight excluding hydrogens is 386 g/mol. The molecule has 1 aliphatic heterocycles. The number of nitrogens with one attached hydrogen (secondary N) is 2. The lowest BCUT2D eigenvalue weighted by Gasteiger charge is -2.22. The number of H-pyrrole nitrogens is 1. The second-order valence-corrected chi connectivity index (χ2v) is 6.71. The predicted octanol–water partition coefficient (Wildman–Crippen LogP) is 3.59. The van der Waals surface area contributed by atoms with E-state index in [0.29, 0.717) is 30.3 Å². The molecule has 25 heavy (non-hydrogen) atoms. The third-order valence-electron chi connectivity index (χ3n) is 4.20. The number of hydrogen-bond donors (Lipinski definition) is 2. The summed E-state index contributed by atoms with van der Waals surface area (Å²) in [7, 11) is 0. The lowest BCUT2D eigenvalue weighted by molar-refractivity contribution is 0.0941. The summed E-state index contributed by atoms with van der Waals surface area (Å²) in [5.41, 5.74) is 2.22. The molecule has 7 heteroatoms. The molecule has 0 saturated heterocycles. The van der Waals surface area contributed by atoms with Crippen LogP contribution in [-0.2, 0) is 0 Å². The van der Waals surface area contributed by atoms with E-state index in [9.17, 15) is 4.79 Å². The van der Waals surface area contributed by atoms with E-state index in [0.717, 1.165) is 20.9 Å². The number of hydrogen-bond acceptors (Lipinski definition) is 4. The quantitative estimate of drug-likeness (QED) is 0.702. The number of halogens is 1. The fraction of sp³-hybridized carbons (Fsp3) is 0.222. The Kier molecular flexibility index (Phi) is 4.09. The monoisotopic (exact) mass is 401 g/mol. The van der Waals surface area contributed by atoms with Crippen molar-refractivity contribution in [3.8, 4) is 11.5 Å². The number of ether oxygens (including phenoxy) is 2. The Morgan fingerprint density at radius 2 is 2.04 bits per heavy atom. The lowest BCUT2D eigenvalue weighted by atomic mass is 10.1. The highest BCUT2D eigenvalue weighted by Crippen LogP contribution is 2.37. The number of nitrogens with zero attached hydrogens (tertiary/aromatic N) is 1. The molecule has 128 valence electrons. The minimum absolute atomic E-state index is 0.163. The topological polar surface area (TPSA) is 76.2 Å². The van der Waals surface area contributed by atoms with Crippen LogP contribution in [0.1, 0.15) is 28.9 Å². The first-order chi connectivity index (χ1) is 12.1. The molecule has 4 rings (SSSR count). The van der Waals surface area contributed by atoms with Gasteiger partial charge in [-0.15, -0.1) is 0 Å². The van der Waals surface area contributed by atoms with Crippen molar-refractivity contribution in [2.24, 2.45) is 0 Å².